The van der Waals surface area contributed by atoms with Crippen LogP contribution < -0.4 is 10.2 Å². The maximum absolute atomic E-state index is 12.5. The van der Waals surface area contributed by atoms with Gasteiger partial charge in [0.2, 0.25) is 11.1 Å². The molecule has 0 aliphatic heterocycles. The maximum atomic E-state index is 12.5. The quantitative estimate of drug-likeness (QED) is 0.716. The molecule has 0 spiro atoms. The van der Waals surface area contributed by atoms with Crippen LogP contribution in [0.15, 0.2) is 29.1 Å². The molecule has 0 bridgehead atoms. The fourth-order valence-electron chi connectivity index (χ4n) is 2.43. The Bertz CT molecular complexity index is 1010. The Morgan fingerprint density at radius 3 is 2.77 bits per heavy atom. The summed E-state index contributed by atoms with van der Waals surface area (Å²) in [4.78, 5) is 12.5. The number of aromatic nitrogens is 4. The average Bonchev–Trinajstić information content (AvgIpc) is 2.93. The summed E-state index contributed by atoms with van der Waals surface area (Å²) in [6, 6.07) is 5.07. The number of hydrogen-bond acceptors (Lipinski definition) is 5. The molecule has 0 saturated heterocycles. The van der Waals surface area contributed by atoms with E-state index in [1.807, 2.05) is 0 Å². The lowest BCUT2D eigenvalue weighted by molar-refractivity contribution is -0.274. The van der Waals surface area contributed by atoms with Crippen LogP contribution in [0.1, 0.15) is 12.5 Å². The molecule has 2 aromatic heterocycles. The molecule has 2 N–H and O–H groups in total. The van der Waals surface area contributed by atoms with Gasteiger partial charge in [-0.05, 0) is 19.1 Å². The topological polar surface area (TPSA) is 92.5 Å². The third-order valence-corrected chi connectivity index (χ3v) is 3.75. The number of nitrogens with one attached hydrogen (secondary N) is 1. The van der Waals surface area contributed by atoms with Crippen LogP contribution in [0.3, 0.4) is 0 Å². The molecule has 3 rings (SSSR count). The molecule has 3 aromatic rings. The fraction of sp³-hybridized carbons (Fsp3) is 0.267. The van der Waals surface area contributed by atoms with E-state index in [9.17, 15) is 23.1 Å². The van der Waals surface area contributed by atoms with E-state index >= 15 is 0 Å². The van der Waals surface area contributed by atoms with Crippen LogP contribution in [0, 0.1) is 0 Å². The highest BCUT2D eigenvalue weighted by atomic mass is 35.5. The molecule has 0 radical (unpaired) electrons. The SMILES string of the molecule is CC(O)Cc1c(Cl)[nH]n2c(-c3cccc(OC(F)(F)F)c3)nnc2c1=O. The highest BCUT2D eigenvalue weighted by molar-refractivity contribution is 6.30. The van der Waals surface area contributed by atoms with Crippen LogP contribution in [0.2, 0.25) is 5.15 Å². The van der Waals surface area contributed by atoms with Crippen LogP contribution in [0.25, 0.3) is 17.0 Å². The number of aliphatic hydroxyl groups excluding tert-OH is 1. The maximum Gasteiger partial charge on any atom is 0.573 e. The first-order valence-corrected chi connectivity index (χ1v) is 7.73. The van der Waals surface area contributed by atoms with Gasteiger partial charge in [-0.2, -0.15) is 0 Å². The van der Waals surface area contributed by atoms with Crippen molar-refractivity contribution in [3.05, 3.63) is 45.2 Å². The van der Waals surface area contributed by atoms with Gasteiger partial charge < -0.3 is 9.84 Å². The molecule has 0 amide bonds. The predicted octanol–water partition coefficient (Wildman–Crippen LogP) is 2.56. The Labute approximate surface area is 149 Å². The molecule has 26 heavy (non-hydrogen) atoms. The first-order chi connectivity index (χ1) is 12.2. The van der Waals surface area contributed by atoms with Crippen molar-refractivity contribution < 1.29 is 23.0 Å². The number of rotatable bonds is 4. The second-order valence-electron chi connectivity index (χ2n) is 5.54. The number of hydrogen-bond donors (Lipinski definition) is 2. The van der Waals surface area contributed by atoms with E-state index in [0.717, 1.165) is 12.1 Å². The number of alkyl halides is 3. The largest absolute Gasteiger partial charge is 0.573 e. The van der Waals surface area contributed by atoms with Crippen molar-refractivity contribution in [3.63, 3.8) is 0 Å². The molecular formula is C15H12ClF3N4O3. The van der Waals surface area contributed by atoms with Gasteiger partial charge in [0.15, 0.2) is 5.82 Å². The van der Waals surface area contributed by atoms with Gasteiger partial charge in [0.1, 0.15) is 10.9 Å². The van der Waals surface area contributed by atoms with Crippen LogP contribution >= 0.6 is 11.6 Å². The Morgan fingerprint density at radius 2 is 2.12 bits per heavy atom. The van der Waals surface area contributed by atoms with Gasteiger partial charge >= 0.3 is 6.36 Å². The van der Waals surface area contributed by atoms with Crippen molar-refractivity contribution in [1.82, 2.24) is 19.8 Å². The predicted molar refractivity (Wildman–Crippen MR) is 86.1 cm³/mol. The van der Waals surface area contributed by atoms with Crippen molar-refractivity contribution in [2.75, 3.05) is 0 Å². The minimum Gasteiger partial charge on any atom is -0.406 e. The summed E-state index contributed by atoms with van der Waals surface area (Å²) in [5.41, 5.74) is -0.255. The Balaban J connectivity index is 2.10. The highest BCUT2D eigenvalue weighted by Crippen LogP contribution is 2.27. The summed E-state index contributed by atoms with van der Waals surface area (Å²) in [6.07, 6.45) is -5.62. The van der Waals surface area contributed by atoms with Gasteiger partial charge in [0.25, 0.3) is 0 Å². The minimum absolute atomic E-state index is 0.0156. The zero-order valence-corrected chi connectivity index (χ0v) is 14.0. The number of ether oxygens (including phenoxy) is 1. The second kappa shape index (κ2) is 6.61. The molecule has 1 atom stereocenters. The van der Waals surface area contributed by atoms with E-state index in [1.165, 1.54) is 23.6 Å². The number of aromatic amines is 1. The van der Waals surface area contributed by atoms with E-state index < -0.39 is 23.6 Å². The molecule has 138 valence electrons. The van der Waals surface area contributed by atoms with E-state index in [4.69, 9.17) is 11.6 Å². The lowest BCUT2D eigenvalue weighted by Gasteiger charge is -2.10. The molecule has 0 aliphatic rings. The third kappa shape index (κ3) is 3.65. The monoisotopic (exact) mass is 388 g/mol. The standard InChI is InChI=1S/C15H12ClF3N4O3/c1-7(24)5-10-11(25)14-21-20-13(23(14)22-12(10)16)8-3-2-4-9(6-8)26-15(17,18)19/h2-4,6-7,22,24H,5H2,1H3. The normalized spacial score (nSPS) is 13.2. The number of halogens is 4. The van der Waals surface area contributed by atoms with Crippen molar-refractivity contribution in [2.24, 2.45) is 0 Å². The van der Waals surface area contributed by atoms with E-state index in [2.05, 4.69) is 20.0 Å². The van der Waals surface area contributed by atoms with Crippen LogP contribution in [0.5, 0.6) is 5.75 Å². The lowest BCUT2D eigenvalue weighted by Crippen LogP contribution is -2.20. The molecule has 0 fully saturated rings. The van der Waals surface area contributed by atoms with Crippen molar-refractivity contribution >= 4 is 17.2 Å². The van der Waals surface area contributed by atoms with Crippen LogP contribution in [-0.2, 0) is 6.42 Å². The molecule has 1 aromatic carbocycles. The van der Waals surface area contributed by atoms with Gasteiger partial charge in [-0.1, -0.05) is 23.7 Å². The van der Waals surface area contributed by atoms with Gasteiger partial charge in [0.05, 0.1) is 6.10 Å². The van der Waals surface area contributed by atoms with Gasteiger partial charge in [-0.25, -0.2) is 4.52 Å². The average molecular weight is 389 g/mol. The summed E-state index contributed by atoms with van der Waals surface area (Å²) < 4.78 is 42.2. The Hall–Kier alpha value is -2.59. The highest BCUT2D eigenvalue weighted by Gasteiger charge is 2.31. The zero-order valence-electron chi connectivity index (χ0n) is 13.2. The molecular weight excluding hydrogens is 377 g/mol. The summed E-state index contributed by atoms with van der Waals surface area (Å²) in [6.45, 7) is 1.50. The molecule has 11 heteroatoms. The molecule has 2 heterocycles. The van der Waals surface area contributed by atoms with Crippen molar-refractivity contribution in [1.29, 1.82) is 0 Å². The molecule has 0 aliphatic carbocycles. The number of H-pyrrole nitrogens is 1. The van der Waals surface area contributed by atoms with Gasteiger partial charge in [0, 0.05) is 17.5 Å². The van der Waals surface area contributed by atoms with Crippen LogP contribution in [0.4, 0.5) is 13.2 Å². The third-order valence-electron chi connectivity index (χ3n) is 3.44. The number of aliphatic hydroxyl groups is 1. The van der Waals surface area contributed by atoms with E-state index in [-0.39, 0.29) is 34.2 Å². The number of fused-ring (bicyclic) bond motifs is 1. The molecule has 7 nitrogen and oxygen atoms in total. The molecule has 1 unspecified atom stereocenters. The summed E-state index contributed by atoms with van der Waals surface area (Å²) in [5.74, 6) is -0.360. The van der Waals surface area contributed by atoms with Gasteiger partial charge in [-0.15, -0.1) is 23.4 Å². The Kier molecular flexibility index (Phi) is 4.63. The second-order valence-corrected chi connectivity index (χ2v) is 5.92. The summed E-state index contributed by atoms with van der Waals surface area (Å²) in [7, 11) is 0. The minimum atomic E-state index is -4.83. The van der Waals surface area contributed by atoms with Crippen molar-refractivity contribution in [3.8, 4) is 17.1 Å². The Morgan fingerprint density at radius 1 is 1.38 bits per heavy atom. The van der Waals surface area contributed by atoms with Gasteiger partial charge in [-0.3, -0.25) is 9.89 Å². The lowest BCUT2D eigenvalue weighted by atomic mass is 10.1. The van der Waals surface area contributed by atoms with E-state index in [1.54, 1.807) is 0 Å². The smallest absolute Gasteiger partial charge is 0.406 e. The van der Waals surface area contributed by atoms with Crippen LogP contribution in [-0.4, -0.2) is 37.4 Å². The molecule has 0 saturated carbocycles. The zero-order chi connectivity index (χ0) is 19.1. The van der Waals surface area contributed by atoms with Crippen molar-refractivity contribution in [2.45, 2.75) is 25.8 Å². The number of nitrogens with zero attached hydrogens (tertiary/aromatic N) is 3. The summed E-state index contributed by atoms with van der Waals surface area (Å²) in [5, 5.41) is 19.8. The first-order valence-electron chi connectivity index (χ1n) is 7.36. The fourth-order valence-corrected chi connectivity index (χ4v) is 2.68. The first kappa shape index (κ1) is 18.2. The summed E-state index contributed by atoms with van der Waals surface area (Å²) >= 11 is 6.07. The van der Waals surface area contributed by atoms with E-state index in [0.29, 0.717) is 0 Å². The number of benzene rings is 1.